The molecule has 0 N–H and O–H groups in total. The second-order valence-corrected chi connectivity index (χ2v) is 2.02. The molecular formula is C8H8F4O8Zr. The van der Waals surface area contributed by atoms with E-state index in [0.29, 0.717) is 0 Å². The van der Waals surface area contributed by atoms with Crippen molar-refractivity contribution in [1.29, 1.82) is 0 Å². The fraction of sp³-hybridized carbons (Fsp3) is 0.500. The summed E-state index contributed by atoms with van der Waals surface area (Å²) in [5.41, 5.74) is 0. The second-order valence-electron chi connectivity index (χ2n) is 2.02. The fourth-order valence-electron chi connectivity index (χ4n) is 0. The van der Waals surface area contributed by atoms with E-state index in [1.54, 1.807) is 0 Å². The van der Waals surface area contributed by atoms with Gasteiger partial charge in [-0.15, -0.1) is 0 Å². The van der Waals surface area contributed by atoms with Gasteiger partial charge in [0, 0.05) is 0 Å². The minimum Gasteiger partial charge on any atom is -0.547 e. The largest absolute Gasteiger partial charge is 4.00 e. The van der Waals surface area contributed by atoms with Crippen molar-refractivity contribution in [3.8, 4) is 0 Å². The molecule has 120 valence electrons. The Labute approximate surface area is 134 Å². The van der Waals surface area contributed by atoms with Gasteiger partial charge in [-0.2, -0.15) is 0 Å². The number of aliphatic carboxylic acids is 4. The molecule has 0 amide bonds. The number of carbonyl (C=O) groups is 4. The molecule has 0 aromatic heterocycles. The molecule has 0 fully saturated rings. The Hall–Kier alpha value is -1.52. The molecule has 0 spiro atoms. The number of hydrogen-bond acceptors (Lipinski definition) is 8. The van der Waals surface area contributed by atoms with E-state index in [1.165, 1.54) is 0 Å². The first-order valence-corrected chi connectivity index (χ1v) is 4.12. The summed E-state index contributed by atoms with van der Waals surface area (Å²) < 4.78 is 41.8. The molecule has 0 aliphatic heterocycles. The molecule has 0 unspecified atom stereocenters. The van der Waals surface area contributed by atoms with E-state index in [0.717, 1.165) is 0 Å². The minimum atomic E-state index is -1.66. The number of halogens is 4. The molecular weight excluding hydrogens is 391 g/mol. The number of alkyl halides is 4. The van der Waals surface area contributed by atoms with Crippen LogP contribution in [-0.2, 0) is 45.4 Å². The van der Waals surface area contributed by atoms with E-state index in [-0.39, 0.29) is 26.2 Å². The third-order valence-electron chi connectivity index (χ3n) is 0.436. The monoisotopic (exact) mass is 398 g/mol. The van der Waals surface area contributed by atoms with Crippen molar-refractivity contribution in [2.45, 2.75) is 0 Å². The molecule has 0 aliphatic rings. The van der Waals surface area contributed by atoms with Gasteiger partial charge in [0.15, 0.2) is 0 Å². The van der Waals surface area contributed by atoms with Crippen LogP contribution in [0.2, 0.25) is 0 Å². The average molecular weight is 399 g/mol. The van der Waals surface area contributed by atoms with E-state index >= 15 is 0 Å². The maximum absolute atomic E-state index is 10.5. The quantitative estimate of drug-likeness (QED) is 0.424. The Kier molecular flexibility index (Phi) is 40.7. The van der Waals surface area contributed by atoms with Crippen LogP contribution < -0.4 is 20.4 Å². The molecule has 0 aliphatic carbocycles. The molecule has 13 heteroatoms. The van der Waals surface area contributed by atoms with Crippen LogP contribution in [-0.4, -0.2) is 50.6 Å². The van der Waals surface area contributed by atoms with E-state index in [2.05, 4.69) is 0 Å². The number of carboxylic acid groups (broad SMARTS) is 4. The topological polar surface area (TPSA) is 161 Å². The van der Waals surface area contributed by atoms with Crippen LogP contribution >= 0.6 is 0 Å². The second kappa shape index (κ2) is 26.9. The minimum absolute atomic E-state index is 0. The summed E-state index contributed by atoms with van der Waals surface area (Å²) in [5, 5.41) is 35.5. The first-order chi connectivity index (χ1) is 9.08. The van der Waals surface area contributed by atoms with Crippen molar-refractivity contribution in [3.63, 3.8) is 0 Å². The predicted molar refractivity (Wildman–Crippen MR) is 43.9 cm³/mol. The van der Waals surface area contributed by atoms with Crippen LogP contribution in [0.1, 0.15) is 0 Å². The predicted octanol–water partition coefficient (Wildman–Crippen LogP) is -5.18. The van der Waals surface area contributed by atoms with Crippen LogP contribution in [0, 0.1) is 0 Å². The Morgan fingerprint density at radius 2 is 0.571 bits per heavy atom. The maximum Gasteiger partial charge on any atom is 4.00 e. The van der Waals surface area contributed by atoms with E-state index in [1.807, 2.05) is 0 Å². The van der Waals surface area contributed by atoms with Gasteiger partial charge in [0.2, 0.25) is 0 Å². The molecule has 8 nitrogen and oxygen atoms in total. The Morgan fingerprint density at radius 1 is 0.524 bits per heavy atom. The van der Waals surface area contributed by atoms with E-state index in [9.17, 15) is 17.6 Å². The maximum atomic E-state index is 10.5. The zero-order valence-electron chi connectivity index (χ0n) is 10.1. The standard InChI is InChI=1S/4C2H3FO2.Zr/c4*3-1-2(4)5;/h4*1H2,(H,4,5);/q;;;;+4/p-4. The zero-order chi connectivity index (χ0) is 17.1. The van der Waals surface area contributed by atoms with Gasteiger partial charge in [0.05, 0.1) is 23.9 Å². The number of carbonyl (C=O) groups excluding carboxylic acids is 4. The summed E-state index contributed by atoms with van der Waals surface area (Å²) in [4.78, 5) is 35.5. The van der Waals surface area contributed by atoms with Gasteiger partial charge in [-0.1, -0.05) is 0 Å². The molecule has 0 aromatic carbocycles. The van der Waals surface area contributed by atoms with Gasteiger partial charge in [0.25, 0.3) is 0 Å². The fourth-order valence-corrected chi connectivity index (χ4v) is 0. The third kappa shape index (κ3) is 119. The number of carboxylic acids is 4. The molecule has 0 radical (unpaired) electrons. The van der Waals surface area contributed by atoms with Gasteiger partial charge < -0.3 is 39.6 Å². The molecule has 0 aromatic rings. The summed E-state index contributed by atoms with van der Waals surface area (Å²) in [6.07, 6.45) is 0. The van der Waals surface area contributed by atoms with Gasteiger partial charge in [0.1, 0.15) is 26.7 Å². The first-order valence-electron chi connectivity index (χ1n) is 4.12. The summed E-state index contributed by atoms with van der Waals surface area (Å²) in [6.45, 7) is -5.56. The van der Waals surface area contributed by atoms with Gasteiger partial charge in [-0.05, 0) is 0 Å². The van der Waals surface area contributed by atoms with Crippen molar-refractivity contribution in [1.82, 2.24) is 0 Å². The third-order valence-corrected chi connectivity index (χ3v) is 0.436. The van der Waals surface area contributed by atoms with Crippen LogP contribution in [0.3, 0.4) is 0 Å². The molecule has 0 saturated carbocycles. The SMILES string of the molecule is O=C([O-])CF.O=C([O-])CF.O=C([O-])CF.O=C([O-])CF.[Zr+4]. The van der Waals surface area contributed by atoms with Gasteiger partial charge >= 0.3 is 26.2 Å². The molecule has 0 atom stereocenters. The van der Waals surface area contributed by atoms with Crippen LogP contribution in [0.4, 0.5) is 17.6 Å². The van der Waals surface area contributed by atoms with Gasteiger partial charge in [-0.3, -0.25) is 0 Å². The number of rotatable bonds is 4. The first kappa shape index (κ1) is 31.7. The Balaban J connectivity index is -0.0000000533. The van der Waals surface area contributed by atoms with E-state index in [4.69, 9.17) is 39.6 Å². The zero-order valence-corrected chi connectivity index (χ0v) is 12.6. The normalized spacial score (nSPS) is 7.05. The molecule has 0 rings (SSSR count). The van der Waals surface area contributed by atoms with Crippen molar-refractivity contribution >= 4 is 23.9 Å². The average Bonchev–Trinajstić information content (AvgIpc) is 2.40. The van der Waals surface area contributed by atoms with Crippen molar-refractivity contribution in [3.05, 3.63) is 0 Å². The summed E-state index contributed by atoms with van der Waals surface area (Å²) in [6, 6.07) is 0. The van der Waals surface area contributed by atoms with Crippen LogP contribution in [0.15, 0.2) is 0 Å². The molecule has 0 bridgehead atoms. The van der Waals surface area contributed by atoms with E-state index < -0.39 is 50.6 Å². The Morgan fingerprint density at radius 3 is 0.571 bits per heavy atom. The van der Waals surface area contributed by atoms with Crippen molar-refractivity contribution in [2.24, 2.45) is 0 Å². The van der Waals surface area contributed by atoms with Crippen molar-refractivity contribution < 1.29 is 83.4 Å². The van der Waals surface area contributed by atoms with Crippen LogP contribution in [0.25, 0.3) is 0 Å². The Bertz CT molecular complexity index is 233. The van der Waals surface area contributed by atoms with Crippen LogP contribution in [0.5, 0.6) is 0 Å². The molecule has 0 heterocycles. The molecule has 0 saturated heterocycles. The number of hydrogen-bond donors (Lipinski definition) is 0. The van der Waals surface area contributed by atoms with Crippen molar-refractivity contribution in [2.75, 3.05) is 26.7 Å². The smallest absolute Gasteiger partial charge is 0.547 e. The summed E-state index contributed by atoms with van der Waals surface area (Å²) in [7, 11) is 0. The summed E-state index contributed by atoms with van der Waals surface area (Å²) >= 11 is 0. The summed E-state index contributed by atoms with van der Waals surface area (Å²) in [5.74, 6) is -6.65. The molecule has 21 heavy (non-hydrogen) atoms. The van der Waals surface area contributed by atoms with Gasteiger partial charge in [-0.25, -0.2) is 17.6 Å².